The second-order valence-electron chi connectivity index (χ2n) is 4.79. The van der Waals surface area contributed by atoms with Crippen LogP contribution in [-0.4, -0.2) is 16.9 Å². The summed E-state index contributed by atoms with van der Waals surface area (Å²) in [6.45, 7) is 0.673. The van der Waals surface area contributed by atoms with Gasteiger partial charge in [-0.1, -0.05) is 18.2 Å². The Hall–Kier alpha value is -2.01. The van der Waals surface area contributed by atoms with Gasteiger partial charge >= 0.3 is 0 Å². The molecule has 21 heavy (non-hydrogen) atoms. The van der Waals surface area contributed by atoms with E-state index in [1.807, 2.05) is 42.1 Å². The van der Waals surface area contributed by atoms with E-state index in [0.29, 0.717) is 6.54 Å². The van der Waals surface area contributed by atoms with Gasteiger partial charge in [0.1, 0.15) is 5.75 Å². The Bertz CT molecular complexity index is 782. The van der Waals surface area contributed by atoms with Crippen molar-refractivity contribution < 1.29 is 4.74 Å². The van der Waals surface area contributed by atoms with Crippen molar-refractivity contribution in [3.05, 3.63) is 52.6 Å². The lowest BCUT2D eigenvalue weighted by Gasteiger charge is -2.08. The van der Waals surface area contributed by atoms with Crippen LogP contribution in [-0.2, 0) is 13.6 Å². The van der Waals surface area contributed by atoms with Gasteiger partial charge in [0.2, 0.25) is 0 Å². The van der Waals surface area contributed by atoms with Gasteiger partial charge in [-0.2, -0.15) is 5.10 Å². The maximum atomic E-state index is 5.31. The number of hydrogen-bond acceptors (Lipinski definition) is 3. The molecule has 1 aromatic heterocycles. The summed E-state index contributed by atoms with van der Waals surface area (Å²) in [6, 6.07) is 14.2. The minimum atomic E-state index is 0.673. The van der Waals surface area contributed by atoms with Crippen LogP contribution in [0.25, 0.3) is 10.9 Å². The lowest BCUT2D eigenvalue weighted by molar-refractivity contribution is 0.412. The van der Waals surface area contributed by atoms with E-state index in [9.17, 15) is 0 Å². The highest BCUT2D eigenvalue weighted by atomic mass is 79.9. The molecular formula is C16H16BrN3O. The van der Waals surface area contributed by atoms with E-state index in [1.54, 1.807) is 7.11 Å². The molecule has 2 aromatic carbocycles. The number of aromatic nitrogens is 2. The Kier molecular flexibility index (Phi) is 3.84. The van der Waals surface area contributed by atoms with E-state index >= 15 is 0 Å². The van der Waals surface area contributed by atoms with Gasteiger partial charge in [0.05, 0.1) is 29.3 Å². The minimum absolute atomic E-state index is 0.673. The Morgan fingerprint density at radius 2 is 2.05 bits per heavy atom. The Balaban J connectivity index is 1.83. The third-order valence-corrected chi connectivity index (χ3v) is 4.10. The van der Waals surface area contributed by atoms with Crippen molar-refractivity contribution in [1.29, 1.82) is 0 Å². The number of fused-ring (bicyclic) bond motifs is 1. The Morgan fingerprint density at radius 1 is 1.24 bits per heavy atom. The number of ether oxygens (including phenoxy) is 1. The summed E-state index contributed by atoms with van der Waals surface area (Å²) in [7, 11) is 3.63. The van der Waals surface area contributed by atoms with Crippen molar-refractivity contribution in [2.24, 2.45) is 7.05 Å². The predicted molar refractivity (Wildman–Crippen MR) is 88.7 cm³/mol. The topological polar surface area (TPSA) is 39.1 Å². The molecule has 0 spiro atoms. The van der Waals surface area contributed by atoms with Crippen molar-refractivity contribution in [1.82, 2.24) is 9.78 Å². The molecular weight excluding hydrogens is 330 g/mol. The van der Waals surface area contributed by atoms with Crippen LogP contribution in [0.2, 0.25) is 0 Å². The molecule has 0 amide bonds. The van der Waals surface area contributed by atoms with Crippen LogP contribution in [0.3, 0.4) is 0 Å². The maximum absolute atomic E-state index is 5.31. The van der Waals surface area contributed by atoms with Crippen LogP contribution in [0, 0.1) is 0 Å². The Morgan fingerprint density at radius 3 is 2.86 bits per heavy atom. The zero-order valence-electron chi connectivity index (χ0n) is 11.9. The summed E-state index contributed by atoms with van der Waals surface area (Å²) in [5.74, 6) is 0.811. The number of nitrogens with zero attached hydrogens (tertiary/aromatic N) is 2. The van der Waals surface area contributed by atoms with Crippen LogP contribution in [0.1, 0.15) is 5.69 Å². The number of anilines is 1. The van der Waals surface area contributed by atoms with Gasteiger partial charge in [0.25, 0.3) is 0 Å². The van der Waals surface area contributed by atoms with E-state index in [0.717, 1.165) is 27.1 Å². The molecule has 0 unspecified atom stereocenters. The highest BCUT2D eigenvalue weighted by Gasteiger charge is 2.08. The number of para-hydroxylation sites is 1. The predicted octanol–water partition coefficient (Wildman–Crippen LogP) is 3.96. The van der Waals surface area contributed by atoms with Gasteiger partial charge in [-0.15, -0.1) is 0 Å². The van der Waals surface area contributed by atoms with Gasteiger partial charge in [0, 0.05) is 24.2 Å². The average molecular weight is 346 g/mol. The van der Waals surface area contributed by atoms with Crippen molar-refractivity contribution in [3.8, 4) is 5.75 Å². The highest BCUT2D eigenvalue weighted by molar-refractivity contribution is 9.10. The largest absolute Gasteiger partial charge is 0.495 e. The monoisotopic (exact) mass is 345 g/mol. The average Bonchev–Trinajstić information content (AvgIpc) is 2.83. The maximum Gasteiger partial charge on any atom is 0.135 e. The summed E-state index contributed by atoms with van der Waals surface area (Å²) in [5.41, 5.74) is 3.18. The third-order valence-electron chi connectivity index (χ3n) is 3.45. The first-order chi connectivity index (χ1) is 10.2. The second-order valence-corrected chi connectivity index (χ2v) is 5.64. The molecule has 0 aliphatic carbocycles. The lowest BCUT2D eigenvalue weighted by Crippen LogP contribution is -2.01. The smallest absolute Gasteiger partial charge is 0.135 e. The van der Waals surface area contributed by atoms with Crippen molar-refractivity contribution in [2.75, 3.05) is 12.4 Å². The van der Waals surface area contributed by atoms with Gasteiger partial charge in [-0.3, -0.25) is 4.68 Å². The van der Waals surface area contributed by atoms with Gasteiger partial charge in [-0.25, -0.2) is 0 Å². The lowest BCUT2D eigenvalue weighted by atomic mass is 10.2. The van der Waals surface area contributed by atoms with E-state index < -0.39 is 0 Å². The summed E-state index contributed by atoms with van der Waals surface area (Å²) < 4.78 is 8.16. The molecule has 0 bridgehead atoms. The van der Waals surface area contributed by atoms with Crippen LogP contribution >= 0.6 is 15.9 Å². The van der Waals surface area contributed by atoms with E-state index in [4.69, 9.17) is 4.74 Å². The van der Waals surface area contributed by atoms with Crippen LogP contribution < -0.4 is 10.1 Å². The molecule has 0 fully saturated rings. The molecule has 0 saturated heterocycles. The molecule has 5 heteroatoms. The molecule has 4 nitrogen and oxygen atoms in total. The molecule has 0 radical (unpaired) electrons. The van der Waals surface area contributed by atoms with Crippen molar-refractivity contribution in [3.63, 3.8) is 0 Å². The van der Waals surface area contributed by atoms with Crippen molar-refractivity contribution >= 4 is 32.5 Å². The molecule has 108 valence electrons. The summed E-state index contributed by atoms with van der Waals surface area (Å²) in [5, 5.41) is 9.15. The summed E-state index contributed by atoms with van der Waals surface area (Å²) in [4.78, 5) is 0. The van der Waals surface area contributed by atoms with E-state index in [-0.39, 0.29) is 0 Å². The number of nitrogens with one attached hydrogen (secondary N) is 1. The zero-order valence-corrected chi connectivity index (χ0v) is 13.5. The van der Waals surface area contributed by atoms with Crippen LogP contribution in [0.5, 0.6) is 5.75 Å². The van der Waals surface area contributed by atoms with Gasteiger partial charge < -0.3 is 10.1 Å². The van der Waals surface area contributed by atoms with Gasteiger partial charge in [-0.05, 0) is 34.1 Å². The first-order valence-electron chi connectivity index (χ1n) is 6.67. The highest BCUT2D eigenvalue weighted by Crippen LogP contribution is 2.28. The molecule has 3 rings (SSSR count). The second kappa shape index (κ2) is 5.77. The standard InChI is InChI=1S/C16H16BrN3O/c1-20-15-6-4-3-5-12(15)14(19-20)10-18-11-7-8-13(17)16(9-11)21-2/h3-9,18H,10H2,1-2H3. The molecule has 3 aromatic rings. The zero-order chi connectivity index (χ0) is 14.8. The fraction of sp³-hybridized carbons (Fsp3) is 0.188. The SMILES string of the molecule is COc1cc(NCc2nn(C)c3ccccc23)ccc1Br. The fourth-order valence-electron chi connectivity index (χ4n) is 2.37. The number of methoxy groups -OCH3 is 1. The molecule has 0 aliphatic heterocycles. The molecule has 1 N–H and O–H groups in total. The fourth-order valence-corrected chi connectivity index (χ4v) is 2.78. The molecule has 0 aliphatic rings. The quantitative estimate of drug-likeness (QED) is 0.777. The normalized spacial score (nSPS) is 10.8. The molecule has 0 atom stereocenters. The van der Waals surface area contributed by atoms with E-state index in [1.165, 1.54) is 5.39 Å². The Labute approximate surface area is 131 Å². The van der Waals surface area contributed by atoms with Gasteiger partial charge in [0.15, 0.2) is 0 Å². The summed E-state index contributed by atoms with van der Waals surface area (Å²) >= 11 is 3.45. The first-order valence-corrected chi connectivity index (χ1v) is 7.46. The summed E-state index contributed by atoms with van der Waals surface area (Å²) in [6.07, 6.45) is 0. The van der Waals surface area contributed by atoms with Crippen molar-refractivity contribution in [2.45, 2.75) is 6.54 Å². The van der Waals surface area contributed by atoms with Crippen LogP contribution in [0.15, 0.2) is 46.9 Å². The number of halogens is 1. The molecule has 0 saturated carbocycles. The molecule has 1 heterocycles. The number of hydrogen-bond donors (Lipinski definition) is 1. The number of aryl methyl sites for hydroxylation is 1. The number of rotatable bonds is 4. The third kappa shape index (κ3) is 2.74. The first kappa shape index (κ1) is 13.9. The van der Waals surface area contributed by atoms with E-state index in [2.05, 4.69) is 38.5 Å². The number of benzene rings is 2. The minimum Gasteiger partial charge on any atom is -0.495 e. The van der Waals surface area contributed by atoms with Crippen LogP contribution in [0.4, 0.5) is 5.69 Å².